The molecule has 0 saturated heterocycles. The molecule has 7 nitrogen and oxygen atoms in total. The second-order valence-electron chi connectivity index (χ2n) is 7.81. The van der Waals surface area contributed by atoms with Crippen LogP contribution >= 0.6 is 23.1 Å². The van der Waals surface area contributed by atoms with Crippen molar-refractivity contribution in [1.82, 2.24) is 15.1 Å². The summed E-state index contributed by atoms with van der Waals surface area (Å²) in [7, 11) is 1.64. The molecule has 1 aromatic heterocycles. The van der Waals surface area contributed by atoms with Crippen LogP contribution in [0.25, 0.3) is 0 Å². The Morgan fingerprint density at radius 1 is 1.12 bits per heavy atom. The van der Waals surface area contributed by atoms with Gasteiger partial charge in [0.15, 0.2) is 4.34 Å². The minimum absolute atomic E-state index is 0.0164. The Kier molecular flexibility index (Phi) is 8.46. The van der Waals surface area contributed by atoms with E-state index in [1.54, 1.807) is 7.05 Å². The van der Waals surface area contributed by atoms with E-state index in [-0.39, 0.29) is 18.4 Å². The van der Waals surface area contributed by atoms with Crippen LogP contribution in [0.5, 0.6) is 0 Å². The number of hydrogen-bond donors (Lipinski definition) is 2. The van der Waals surface area contributed by atoms with Gasteiger partial charge in [-0.3, -0.25) is 9.59 Å². The number of rotatable bonds is 9. The molecule has 1 unspecified atom stereocenters. The summed E-state index contributed by atoms with van der Waals surface area (Å²) < 4.78 is 0.692. The molecule has 33 heavy (non-hydrogen) atoms. The van der Waals surface area contributed by atoms with Gasteiger partial charge in [0.05, 0.1) is 11.8 Å². The highest BCUT2D eigenvalue weighted by molar-refractivity contribution is 8.02. The Labute approximate surface area is 203 Å². The molecule has 3 rings (SSSR count). The number of carbonyl (C=O) groups is 2. The fraction of sp³-hybridized carbons (Fsp3) is 0.333. The van der Waals surface area contributed by atoms with Crippen LogP contribution in [0.1, 0.15) is 30.5 Å². The molecular formula is C24H29N5O2S2. The van der Waals surface area contributed by atoms with Crippen molar-refractivity contribution in [1.29, 1.82) is 0 Å². The second-order valence-corrected chi connectivity index (χ2v) is 10.4. The van der Waals surface area contributed by atoms with E-state index in [2.05, 4.69) is 46.8 Å². The van der Waals surface area contributed by atoms with Gasteiger partial charge >= 0.3 is 0 Å². The van der Waals surface area contributed by atoms with Gasteiger partial charge in [0, 0.05) is 18.4 Å². The molecule has 0 spiro atoms. The number of amides is 2. The fourth-order valence-corrected chi connectivity index (χ4v) is 5.23. The predicted molar refractivity (Wildman–Crippen MR) is 137 cm³/mol. The number of hydrogen-bond acceptors (Lipinski definition) is 7. The molecule has 3 aromatic rings. The summed E-state index contributed by atoms with van der Waals surface area (Å²) in [6, 6.07) is 13.8. The van der Waals surface area contributed by atoms with Crippen LogP contribution in [0.2, 0.25) is 0 Å². The number of carbonyl (C=O) groups excluding carboxylic acids is 2. The van der Waals surface area contributed by atoms with Crippen LogP contribution in [-0.2, 0) is 16.0 Å². The number of likely N-dealkylation sites (N-methyl/N-ethyl adjacent to an activating group) is 1. The molecule has 0 fully saturated rings. The van der Waals surface area contributed by atoms with Gasteiger partial charge in [-0.15, -0.1) is 10.2 Å². The van der Waals surface area contributed by atoms with E-state index < -0.39 is 5.25 Å². The van der Waals surface area contributed by atoms with Crippen LogP contribution in [0.3, 0.4) is 0 Å². The SMILES string of the molecule is CCc1ccccc1NC(=O)CN(C)C(=O)C(C)Sc1nnc(Nc2ccc(C)c(C)c2)s1. The Balaban J connectivity index is 1.53. The van der Waals surface area contributed by atoms with Crippen molar-refractivity contribution in [3.05, 3.63) is 59.2 Å². The number of nitrogens with one attached hydrogen (secondary N) is 2. The first-order valence-electron chi connectivity index (χ1n) is 10.7. The molecule has 2 aromatic carbocycles. The number of benzene rings is 2. The maximum atomic E-state index is 12.8. The maximum absolute atomic E-state index is 12.8. The number of thioether (sulfide) groups is 1. The van der Waals surface area contributed by atoms with Gasteiger partial charge in [-0.25, -0.2) is 0 Å². The third-order valence-corrected chi connectivity index (χ3v) is 7.23. The smallest absolute Gasteiger partial charge is 0.243 e. The third-order valence-electron chi connectivity index (χ3n) is 5.22. The lowest BCUT2D eigenvalue weighted by Crippen LogP contribution is -2.39. The molecule has 1 atom stereocenters. The molecule has 0 bridgehead atoms. The van der Waals surface area contributed by atoms with E-state index in [9.17, 15) is 9.59 Å². The van der Waals surface area contributed by atoms with Crippen molar-refractivity contribution < 1.29 is 9.59 Å². The zero-order valence-corrected chi connectivity index (χ0v) is 21.1. The minimum atomic E-state index is -0.395. The van der Waals surface area contributed by atoms with E-state index >= 15 is 0 Å². The average molecular weight is 484 g/mol. The highest BCUT2D eigenvalue weighted by Gasteiger charge is 2.22. The number of nitrogens with zero attached hydrogens (tertiary/aromatic N) is 3. The Hall–Kier alpha value is -2.91. The van der Waals surface area contributed by atoms with Gasteiger partial charge in [0.2, 0.25) is 16.9 Å². The summed E-state index contributed by atoms with van der Waals surface area (Å²) in [4.78, 5) is 26.7. The second kappa shape index (κ2) is 11.3. The monoisotopic (exact) mass is 483 g/mol. The summed E-state index contributed by atoms with van der Waals surface area (Å²) in [5.41, 5.74) is 5.22. The molecule has 9 heteroatoms. The van der Waals surface area contributed by atoms with Crippen molar-refractivity contribution >= 4 is 51.4 Å². The zero-order valence-electron chi connectivity index (χ0n) is 19.5. The highest BCUT2D eigenvalue weighted by Crippen LogP contribution is 2.31. The Morgan fingerprint density at radius 3 is 2.61 bits per heavy atom. The highest BCUT2D eigenvalue weighted by atomic mass is 32.2. The Morgan fingerprint density at radius 2 is 1.88 bits per heavy atom. The molecule has 0 aliphatic rings. The summed E-state index contributed by atoms with van der Waals surface area (Å²) >= 11 is 2.73. The molecular weight excluding hydrogens is 454 g/mol. The first-order chi connectivity index (χ1) is 15.8. The van der Waals surface area contributed by atoms with Crippen LogP contribution in [0.4, 0.5) is 16.5 Å². The van der Waals surface area contributed by atoms with Crippen LogP contribution in [0.15, 0.2) is 46.8 Å². The maximum Gasteiger partial charge on any atom is 0.243 e. The van der Waals surface area contributed by atoms with Gasteiger partial charge in [-0.2, -0.15) is 0 Å². The lowest BCUT2D eigenvalue weighted by atomic mass is 10.1. The molecule has 0 aliphatic carbocycles. The molecule has 2 amide bonds. The lowest BCUT2D eigenvalue weighted by molar-refractivity contribution is -0.132. The van der Waals surface area contributed by atoms with Crippen LogP contribution in [0, 0.1) is 13.8 Å². The van der Waals surface area contributed by atoms with E-state index in [1.165, 1.54) is 39.1 Å². The number of para-hydroxylation sites is 1. The normalized spacial score (nSPS) is 11.7. The largest absolute Gasteiger partial charge is 0.335 e. The standard InChI is InChI=1S/C24H29N5O2S2/c1-6-18-9-7-8-10-20(18)26-21(30)14-29(5)22(31)17(4)32-24-28-27-23(33-24)25-19-12-11-15(2)16(3)13-19/h7-13,17H,6,14H2,1-5H3,(H,25,27)(H,26,30). The Bertz CT molecular complexity index is 1130. The van der Waals surface area contributed by atoms with Gasteiger partial charge in [0.25, 0.3) is 0 Å². The van der Waals surface area contributed by atoms with Crippen molar-refractivity contribution in [2.45, 2.75) is 43.7 Å². The van der Waals surface area contributed by atoms with Crippen molar-refractivity contribution in [2.24, 2.45) is 0 Å². The average Bonchev–Trinajstić information content (AvgIpc) is 3.22. The lowest BCUT2D eigenvalue weighted by Gasteiger charge is -2.20. The molecule has 0 radical (unpaired) electrons. The van der Waals surface area contributed by atoms with E-state index in [0.29, 0.717) is 9.47 Å². The predicted octanol–water partition coefficient (Wildman–Crippen LogP) is 5.04. The number of aryl methyl sites for hydroxylation is 3. The van der Waals surface area contributed by atoms with Crippen molar-refractivity contribution in [3.8, 4) is 0 Å². The van der Waals surface area contributed by atoms with E-state index in [4.69, 9.17) is 0 Å². The van der Waals surface area contributed by atoms with Crippen molar-refractivity contribution in [3.63, 3.8) is 0 Å². The topological polar surface area (TPSA) is 87.2 Å². The first kappa shape index (κ1) is 24.7. The fourth-order valence-electron chi connectivity index (χ4n) is 3.20. The number of aromatic nitrogens is 2. The summed E-state index contributed by atoms with van der Waals surface area (Å²) in [5.74, 6) is -0.363. The minimum Gasteiger partial charge on any atom is -0.335 e. The number of anilines is 3. The molecule has 1 heterocycles. The quantitative estimate of drug-likeness (QED) is 0.415. The summed E-state index contributed by atoms with van der Waals surface area (Å²) in [5, 5.41) is 14.8. The van der Waals surface area contributed by atoms with Crippen LogP contribution < -0.4 is 10.6 Å². The van der Waals surface area contributed by atoms with Crippen molar-refractivity contribution in [2.75, 3.05) is 24.2 Å². The first-order valence-corrected chi connectivity index (χ1v) is 12.4. The summed E-state index contributed by atoms with van der Waals surface area (Å²) in [6.07, 6.45) is 0.821. The molecule has 2 N–H and O–H groups in total. The van der Waals surface area contributed by atoms with Gasteiger partial charge in [0.1, 0.15) is 0 Å². The molecule has 174 valence electrons. The van der Waals surface area contributed by atoms with Gasteiger partial charge < -0.3 is 15.5 Å². The van der Waals surface area contributed by atoms with E-state index in [0.717, 1.165) is 23.4 Å². The van der Waals surface area contributed by atoms with E-state index in [1.807, 2.05) is 44.2 Å². The summed E-state index contributed by atoms with van der Waals surface area (Å²) in [6.45, 7) is 7.97. The molecule has 0 aliphatic heterocycles. The van der Waals surface area contributed by atoms with Gasteiger partial charge in [-0.05, 0) is 62.1 Å². The molecule has 0 saturated carbocycles. The van der Waals surface area contributed by atoms with Gasteiger partial charge in [-0.1, -0.05) is 54.3 Å². The van der Waals surface area contributed by atoms with Crippen LogP contribution in [-0.4, -0.2) is 45.8 Å². The third kappa shape index (κ3) is 6.79. The zero-order chi connectivity index (χ0) is 24.0.